The molecule has 2 aliphatic rings. The highest BCUT2D eigenvalue weighted by atomic mass is 16.2. The largest absolute Gasteiger partial charge is 0.356 e. The van der Waals surface area contributed by atoms with Crippen LogP contribution in [0.3, 0.4) is 0 Å². The van der Waals surface area contributed by atoms with Crippen LogP contribution in [-0.2, 0) is 4.79 Å². The molecular weight excluding hydrogens is 164 g/mol. The number of carbonyl (C=O) groups excluding carboxylic acids is 1. The number of piperidine rings is 1. The molecule has 1 saturated heterocycles. The number of amides is 1. The third-order valence-electron chi connectivity index (χ3n) is 3.16. The van der Waals surface area contributed by atoms with Crippen molar-refractivity contribution in [2.75, 3.05) is 6.54 Å². The lowest BCUT2D eigenvalue weighted by Crippen LogP contribution is -2.54. The van der Waals surface area contributed by atoms with E-state index in [-0.39, 0.29) is 11.3 Å². The van der Waals surface area contributed by atoms with Crippen LogP contribution < -0.4 is 10.6 Å². The molecule has 3 heteroatoms. The molecule has 2 rings (SSSR count). The van der Waals surface area contributed by atoms with Gasteiger partial charge in [0.05, 0.1) is 5.41 Å². The fourth-order valence-corrected chi connectivity index (χ4v) is 2.30. The van der Waals surface area contributed by atoms with Crippen LogP contribution in [0.5, 0.6) is 0 Å². The molecule has 0 aromatic heterocycles. The molecule has 1 saturated carbocycles. The van der Waals surface area contributed by atoms with E-state index in [1.54, 1.807) is 0 Å². The van der Waals surface area contributed by atoms with Crippen LogP contribution in [-0.4, -0.2) is 24.5 Å². The minimum absolute atomic E-state index is 0.0253. The highest BCUT2D eigenvalue weighted by molar-refractivity contribution is 5.87. The molecule has 0 aromatic rings. The van der Waals surface area contributed by atoms with Gasteiger partial charge in [0.25, 0.3) is 0 Å². The summed E-state index contributed by atoms with van der Waals surface area (Å²) in [4.78, 5) is 11.6. The molecule has 3 nitrogen and oxygen atoms in total. The van der Waals surface area contributed by atoms with Gasteiger partial charge in [-0.1, -0.05) is 13.8 Å². The Kier molecular flexibility index (Phi) is 2.06. The Hall–Kier alpha value is -0.570. The van der Waals surface area contributed by atoms with Crippen molar-refractivity contribution >= 4 is 5.91 Å². The minimum atomic E-state index is -0.0253. The molecule has 1 atom stereocenters. The first-order valence-corrected chi connectivity index (χ1v) is 5.19. The molecule has 0 bridgehead atoms. The van der Waals surface area contributed by atoms with Gasteiger partial charge < -0.3 is 10.6 Å². The molecule has 1 aliphatic carbocycles. The molecule has 74 valence electrons. The lowest BCUT2D eigenvalue weighted by Gasteiger charge is -2.33. The summed E-state index contributed by atoms with van der Waals surface area (Å²) in [5, 5.41) is 6.46. The fraction of sp³-hybridized carbons (Fsp3) is 0.900. The Morgan fingerprint density at radius 3 is 2.77 bits per heavy atom. The molecule has 1 aliphatic heterocycles. The predicted molar refractivity (Wildman–Crippen MR) is 51.4 cm³/mol. The van der Waals surface area contributed by atoms with E-state index < -0.39 is 0 Å². The average molecular weight is 182 g/mol. The number of nitrogens with one attached hydrogen (secondary N) is 2. The van der Waals surface area contributed by atoms with Crippen molar-refractivity contribution in [3.05, 3.63) is 0 Å². The van der Waals surface area contributed by atoms with Gasteiger partial charge in [0.15, 0.2) is 0 Å². The summed E-state index contributed by atoms with van der Waals surface area (Å²) in [6.45, 7) is 5.12. The van der Waals surface area contributed by atoms with Crippen LogP contribution in [0.15, 0.2) is 0 Å². The number of carbonyl (C=O) groups is 1. The first kappa shape index (κ1) is 9.00. The Morgan fingerprint density at radius 1 is 1.54 bits per heavy atom. The van der Waals surface area contributed by atoms with E-state index in [4.69, 9.17) is 0 Å². The van der Waals surface area contributed by atoms with Crippen LogP contribution >= 0.6 is 0 Å². The van der Waals surface area contributed by atoms with Crippen LogP contribution in [0.1, 0.15) is 33.1 Å². The van der Waals surface area contributed by atoms with Crippen molar-refractivity contribution in [2.45, 2.75) is 45.2 Å². The molecular formula is C10H18N2O. The van der Waals surface area contributed by atoms with E-state index in [0.29, 0.717) is 12.1 Å². The van der Waals surface area contributed by atoms with E-state index in [1.165, 1.54) is 0 Å². The molecule has 1 spiro atoms. The van der Waals surface area contributed by atoms with E-state index >= 15 is 0 Å². The highest BCUT2D eigenvalue weighted by Gasteiger charge is 2.56. The molecule has 2 fully saturated rings. The van der Waals surface area contributed by atoms with Crippen LogP contribution in [0.4, 0.5) is 0 Å². The zero-order valence-electron chi connectivity index (χ0n) is 8.39. The smallest absolute Gasteiger partial charge is 0.227 e. The van der Waals surface area contributed by atoms with Gasteiger partial charge in [-0.05, 0) is 19.3 Å². The second kappa shape index (κ2) is 2.98. The first-order valence-electron chi connectivity index (χ1n) is 5.19. The lowest BCUT2D eigenvalue weighted by molar-refractivity contribution is -0.129. The standard InChI is InChI=1S/C10H18N2O/c1-7(2)12-8-3-6-11-9(13)10(8)4-5-10/h7-8,12H,3-6H2,1-2H3,(H,11,13)/t8-/m1/s1. The van der Waals surface area contributed by atoms with Crippen molar-refractivity contribution in [1.82, 2.24) is 10.6 Å². The maximum absolute atomic E-state index is 11.6. The zero-order chi connectivity index (χ0) is 9.47. The fourth-order valence-electron chi connectivity index (χ4n) is 2.30. The Morgan fingerprint density at radius 2 is 2.23 bits per heavy atom. The monoisotopic (exact) mass is 182 g/mol. The second-order valence-corrected chi connectivity index (χ2v) is 4.57. The minimum Gasteiger partial charge on any atom is -0.356 e. The van der Waals surface area contributed by atoms with Gasteiger partial charge in [0.1, 0.15) is 0 Å². The number of hydrogen-bond donors (Lipinski definition) is 2. The van der Waals surface area contributed by atoms with Gasteiger partial charge in [0, 0.05) is 18.6 Å². The molecule has 1 amide bonds. The topological polar surface area (TPSA) is 41.1 Å². The molecule has 0 unspecified atom stereocenters. The Bertz CT molecular complexity index is 221. The van der Waals surface area contributed by atoms with Crippen LogP contribution in [0.2, 0.25) is 0 Å². The maximum Gasteiger partial charge on any atom is 0.227 e. The van der Waals surface area contributed by atoms with E-state index in [9.17, 15) is 4.79 Å². The highest BCUT2D eigenvalue weighted by Crippen LogP contribution is 2.51. The quantitative estimate of drug-likeness (QED) is 0.658. The summed E-state index contributed by atoms with van der Waals surface area (Å²) in [5.74, 6) is 0.275. The zero-order valence-corrected chi connectivity index (χ0v) is 8.39. The Labute approximate surface area is 79.3 Å². The molecule has 1 heterocycles. The van der Waals surface area contributed by atoms with E-state index in [1.807, 2.05) is 0 Å². The van der Waals surface area contributed by atoms with Crippen molar-refractivity contribution < 1.29 is 4.79 Å². The van der Waals surface area contributed by atoms with Gasteiger partial charge in [-0.25, -0.2) is 0 Å². The van der Waals surface area contributed by atoms with E-state index in [2.05, 4.69) is 24.5 Å². The predicted octanol–water partition coefficient (Wildman–Crippen LogP) is 0.653. The lowest BCUT2D eigenvalue weighted by atomic mass is 9.89. The van der Waals surface area contributed by atoms with Crippen molar-refractivity contribution in [1.29, 1.82) is 0 Å². The van der Waals surface area contributed by atoms with Crippen LogP contribution in [0, 0.1) is 5.41 Å². The van der Waals surface area contributed by atoms with Gasteiger partial charge in [0.2, 0.25) is 5.91 Å². The summed E-state index contributed by atoms with van der Waals surface area (Å²) in [5.41, 5.74) is -0.0253. The van der Waals surface area contributed by atoms with Gasteiger partial charge in [-0.2, -0.15) is 0 Å². The maximum atomic E-state index is 11.6. The third-order valence-corrected chi connectivity index (χ3v) is 3.16. The van der Waals surface area contributed by atoms with Crippen molar-refractivity contribution in [3.63, 3.8) is 0 Å². The van der Waals surface area contributed by atoms with Gasteiger partial charge >= 0.3 is 0 Å². The third kappa shape index (κ3) is 1.46. The summed E-state index contributed by atoms with van der Waals surface area (Å²) in [7, 11) is 0. The molecule has 0 radical (unpaired) electrons. The Balaban J connectivity index is 2.05. The number of rotatable bonds is 2. The van der Waals surface area contributed by atoms with Gasteiger partial charge in [-0.15, -0.1) is 0 Å². The average Bonchev–Trinajstić information content (AvgIpc) is 2.80. The van der Waals surface area contributed by atoms with Gasteiger partial charge in [-0.3, -0.25) is 4.79 Å². The molecule has 0 aromatic carbocycles. The summed E-state index contributed by atoms with van der Waals surface area (Å²) >= 11 is 0. The van der Waals surface area contributed by atoms with E-state index in [0.717, 1.165) is 25.8 Å². The first-order chi connectivity index (χ1) is 6.15. The normalized spacial score (nSPS) is 30.7. The number of hydrogen-bond acceptors (Lipinski definition) is 2. The SMILES string of the molecule is CC(C)N[C@@H]1CCNC(=O)C12CC2. The van der Waals surface area contributed by atoms with Crippen molar-refractivity contribution in [2.24, 2.45) is 5.41 Å². The summed E-state index contributed by atoms with van der Waals surface area (Å²) < 4.78 is 0. The van der Waals surface area contributed by atoms with Crippen molar-refractivity contribution in [3.8, 4) is 0 Å². The molecule has 2 N–H and O–H groups in total. The molecule has 13 heavy (non-hydrogen) atoms. The summed E-state index contributed by atoms with van der Waals surface area (Å²) in [6, 6.07) is 0.898. The van der Waals surface area contributed by atoms with Crippen LogP contribution in [0.25, 0.3) is 0 Å². The second-order valence-electron chi connectivity index (χ2n) is 4.57. The summed E-state index contributed by atoms with van der Waals surface area (Å²) in [6.07, 6.45) is 3.23.